The van der Waals surface area contributed by atoms with Gasteiger partial charge in [0.15, 0.2) is 0 Å². The molecule has 0 radical (unpaired) electrons. The van der Waals surface area contributed by atoms with E-state index in [2.05, 4.69) is 52.4 Å². The summed E-state index contributed by atoms with van der Waals surface area (Å²) in [6.07, 6.45) is 3.93. The topological polar surface area (TPSA) is 21.7 Å². The number of nitrogens with zero attached hydrogens (tertiary/aromatic N) is 1. The van der Waals surface area contributed by atoms with E-state index in [1.807, 2.05) is 6.26 Å². The van der Waals surface area contributed by atoms with Crippen molar-refractivity contribution in [2.45, 2.75) is 41.5 Å². The number of fused-ring (bicyclic) bond motifs is 1. The predicted octanol–water partition coefficient (Wildman–Crippen LogP) is 4.35. The third-order valence-corrected chi connectivity index (χ3v) is 3.92. The van der Waals surface area contributed by atoms with Gasteiger partial charge in [-0.05, 0) is 0 Å². The van der Waals surface area contributed by atoms with Crippen molar-refractivity contribution in [3.05, 3.63) is 23.9 Å². The minimum Gasteiger partial charge on any atom is -0.429 e. The van der Waals surface area contributed by atoms with Gasteiger partial charge in [-0.15, -0.1) is 0 Å². The lowest BCUT2D eigenvalue weighted by Crippen LogP contribution is -2.18. The molecule has 0 saturated carbocycles. The Kier molecular flexibility index (Phi) is 2.50. The Hall–Kier alpha value is -0.690. The van der Waals surface area contributed by atoms with Gasteiger partial charge in [0, 0.05) is 10.8 Å². The first-order chi connectivity index (χ1) is 7.19. The molecule has 16 heavy (non-hydrogen) atoms. The molecule has 1 atom stereocenters. The van der Waals surface area contributed by atoms with Crippen LogP contribution in [0.4, 0.5) is 0 Å². The predicted molar refractivity (Wildman–Crippen MR) is 66.0 cm³/mol. The fraction of sp³-hybridized carbons (Fsp3) is 0.667. The first-order valence-corrected chi connectivity index (χ1v) is 6.69. The lowest BCUT2D eigenvalue weighted by Gasteiger charge is -2.24. The fourth-order valence-corrected chi connectivity index (χ4v) is 3.17. The zero-order chi connectivity index (χ0) is 12.1. The molecule has 2 heterocycles. The highest BCUT2D eigenvalue weighted by Gasteiger charge is 2.43. The molecule has 0 bridgehead atoms. The van der Waals surface area contributed by atoms with E-state index in [9.17, 15) is 0 Å². The van der Waals surface area contributed by atoms with Crippen molar-refractivity contribution in [3.63, 3.8) is 0 Å². The molecule has 0 aliphatic carbocycles. The molecular weight excluding hydrogens is 221 g/mol. The maximum absolute atomic E-state index is 5.85. The number of hydrogen-bond donors (Lipinski definition) is 0. The second-order valence-electron chi connectivity index (χ2n) is 6.28. The zero-order valence-corrected chi connectivity index (χ0v) is 11.8. The van der Waals surface area contributed by atoms with Gasteiger partial charge < -0.3 is 9.05 Å². The Bertz CT molecular complexity index is 360. The first kappa shape index (κ1) is 11.8. The molecule has 0 N–H and O–H groups in total. The first-order valence-electron chi connectivity index (χ1n) is 5.56. The highest BCUT2D eigenvalue weighted by molar-refractivity contribution is 7.45. The molecule has 0 aromatic carbocycles. The number of rotatable bonds is 0. The molecule has 2 rings (SSSR count). The Labute approximate surface area is 99.1 Å². The molecule has 0 saturated heterocycles. The van der Waals surface area contributed by atoms with Crippen molar-refractivity contribution >= 4 is 8.53 Å². The Morgan fingerprint density at radius 2 is 1.69 bits per heavy atom. The van der Waals surface area contributed by atoms with E-state index in [1.165, 1.54) is 5.70 Å². The third kappa shape index (κ3) is 1.93. The standard InChI is InChI=1S/C12H20NO2P/c1-11(2,3)9-8-14-16-13(9)7-10(15-16)12(4,5)6/h7-8H,1-6H3. The van der Waals surface area contributed by atoms with Gasteiger partial charge in [-0.1, -0.05) is 41.5 Å². The monoisotopic (exact) mass is 241 g/mol. The maximum Gasteiger partial charge on any atom is 0.420 e. The molecule has 2 aliphatic rings. The molecule has 0 aromatic heterocycles. The van der Waals surface area contributed by atoms with E-state index < -0.39 is 8.53 Å². The van der Waals surface area contributed by atoms with Crippen molar-refractivity contribution in [2.24, 2.45) is 10.8 Å². The van der Waals surface area contributed by atoms with Crippen LogP contribution in [-0.4, -0.2) is 4.67 Å². The summed E-state index contributed by atoms with van der Waals surface area (Å²) in [6, 6.07) is 0. The van der Waals surface area contributed by atoms with Crippen LogP contribution in [0.5, 0.6) is 0 Å². The largest absolute Gasteiger partial charge is 0.429 e. The number of hydrogen-bond acceptors (Lipinski definition) is 3. The maximum atomic E-state index is 5.85. The highest BCUT2D eigenvalue weighted by atomic mass is 31.2. The van der Waals surface area contributed by atoms with Gasteiger partial charge in [-0.3, -0.25) is 4.67 Å². The zero-order valence-electron chi connectivity index (χ0n) is 10.9. The second-order valence-corrected chi connectivity index (χ2v) is 7.58. The second kappa shape index (κ2) is 3.40. The van der Waals surface area contributed by atoms with Gasteiger partial charge in [0.25, 0.3) is 0 Å². The molecule has 0 fully saturated rings. The van der Waals surface area contributed by atoms with Gasteiger partial charge in [0.05, 0.1) is 11.9 Å². The molecule has 0 amide bonds. The average Bonchev–Trinajstić information content (AvgIpc) is 2.53. The van der Waals surface area contributed by atoms with E-state index in [-0.39, 0.29) is 10.8 Å². The molecule has 0 spiro atoms. The Morgan fingerprint density at radius 3 is 2.19 bits per heavy atom. The Balaban J connectivity index is 2.25. The average molecular weight is 241 g/mol. The Morgan fingerprint density at radius 1 is 1.06 bits per heavy atom. The van der Waals surface area contributed by atoms with E-state index in [0.29, 0.717) is 0 Å². The van der Waals surface area contributed by atoms with Gasteiger partial charge in [-0.25, -0.2) is 0 Å². The summed E-state index contributed by atoms with van der Waals surface area (Å²) in [5, 5.41) is 0. The quantitative estimate of drug-likeness (QED) is 0.588. The third-order valence-electron chi connectivity index (χ3n) is 2.60. The van der Waals surface area contributed by atoms with Gasteiger partial charge in [-0.2, -0.15) is 0 Å². The van der Waals surface area contributed by atoms with Crippen LogP contribution in [0.3, 0.4) is 0 Å². The SMILES string of the molecule is CC(C)(C)C1=CN2C(C(C)(C)C)=COP2O1. The smallest absolute Gasteiger partial charge is 0.420 e. The van der Waals surface area contributed by atoms with Crippen molar-refractivity contribution in [1.82, 2.24) is 4.67 Å². The van der Waals surface area contributed by atoms with Crippen LogP contribution in [0.15, 0.2) is 23.9 Å². The van der Waals surface area contributed by atoms with E-state index in [1.54, 1.807) is 0 Å². The molecule has 2 aliphatic heterocycles. The lowest BCUT2D eigenvalue weighted by atomic mass is 9.92. The molecule has 3 nitrogen and oxygen atoms in total. The van der Waals surface area contributed by atoms with Crippen molar-refractivity contribution in [2.75, 3.05) is 0 Å². The van der Waals surface area contributed by atoms with Crippen LogP contribution < -0.4 is 0 Å². The highest BCUT2D eigenvalue weighted by Crippen LogP contribution is 2.61. The van der Waals surface area contributed by atoms with Crippen molar-refractivity contribution in [1.29, 1.82) is 0 Å². The van der Waals surface area contributed by atoms with Crippen LogP contribution in [-0.2, 0) is 9.05 Å². The summed E-state index contributed by atoms with van der Waals surface area (Å²) in [5.41, 5.74) is 1.32. The number of allylic oxidation sites excluding steroid dienone is 2. The van der Waals surface area contributed by atoms with E-state index in [0.717, 1.165) is 5.76 Å². The molecule has 90 valence electrons. The van der Waals surface area contributed by atoms with Crippen LogP contribution in [0.2, 0.25) is 0 Å². The van der Waals surface area contributed by atoms with Gasteiger partial charge in [0.2, 0.25) is 0 Å². The van der Waals surface area contributed by atoms with E-state index in [4.69, 9.17) is 9.05 Å². The van der Waals surface area contributed by atoms with E-state index >= 15 is 0 Å². The summed E-state index contributed by atoms with van der Waals surface area (Å²) < 4.78 is 13.6. The van der Waals surface area contributed by atoms with Crippen molar-refractivity contribution in [3.8, 4) is 0 Å². The summed E-state index contributed by atoms with van der Waals surface area (Å²) in [6.45, 7) is 13.0. The molecular formula is C12H20NO2P. The summed E-state index contributed by atoms with van der Waals surface area (Å²) >= 11 is 0. The van der Waals surface area contributed by atoms with Gasteiger partial charge >= 0.3 is 8.53 Å². The van der Waals surface area contributed by atoms with Crippen LogP contribution in [0.1, 0.15) is 41.5 Å². The lowest BCUT2D eigenvalue weighted by molar-refractivity contribution is 0.295. The molecule has 4 heteroatoms. The summed E-state index contributed by atoms with van der Waals surface area (Å²) in [5.74, 6) is 1.01. The normalized spacial score (nSPS) is 24.6. The molecule has 1 unspecified atom stereocenters. The van der Waals surface area contributed by atoms with Gasteiger partial charge in [0.1, 0.15) is 12.0 Å². The molecule has 0 aromatic rings. The van der Waals surface area contributed by atoms with Crippen LogP contribution in [0.25, 0.3) is 0 Å². The summed E-state index contributed by atoms with van der Waals surface area (Å²) in [7, 11) is -0.952. The fourth-order valence-electron chi connectivity index (χ4n) is 1.54. The summed E-state index contributed by atoms with van der Waals surface area (Å²) in [4.78, 5) is 0. The van der Waals surface area contributed by atoms with Crippen LogP contribution >= 0.6 is 8.53 Å². The van der Waals surface area contributed by atoms with Crippen LogP contribution in [0, 0.1) is 10.8 Å². The minimum absolute atomic E-state index is 0.0407. The minimum atomic E-state index is -0.952. The van der Waals surface area contributed by atoms with Crippen molar-refractivity contribution < 1.29 is 9.05 Å².